The Balaban J connectivity index is 1.46. The lowest BCUT2D eigenvalue weighted by Gasteiger charge is -2.56. The fourth-order valence-electron chi connectivity index (χ4n) is 6.27. The van der Waals surface area contributed by atoms with Gasteiger partial charge in [0.05, 0.1) is 5.69 Å². The predicted molar refractivity (Wildman–Crippen MR) is 119 cm³/mol. The van der Waals surface area contributed by atoms with E-state index in [-0.39, 0.29) is 18.0 Å². The van der Waals surface area contributed by atoms with Gasteiger partial charge < -0.3 is 9.80 Å². The van der Waals surface area contributed by atoms with Crippen LogP contribution in [0.2, 0.25) is 0 Å². The van der Waals surface area contributed by atoms with Crippen molar-refractivity contribution in [1.82, 2.24) is 19.6 Å². The van der Waals surface area contributed by atoms with Gasteiger partial charge in [0.2, 0.25) is 5.91 Å². The van der Waals surface area contributed by atoms with Crippen molar-refractivity contribution in [2.45, 2.75) is 58.0 Å². The van der Waals surface area contributed by atoms with E-state index >= 15 is 0 Å². The number of rotatable bonds is 3. The summed E-state index contributed by atoms with van der Waals surface area (Å²) in [7, 11) is 1.86. The average Bonchev–Trinajstić information content (AvgIpc) is 3.02. The second kappa shape index (κ2) is 7.81. The van der Waals surface area contributed by atoms with Crippen LogP contribution in [0.4, 0.5) is 0 Å². The molecule has 0 unspecified atom stereocenters. The summed E-state index contributed by atoms with van der Waals surface area (Å²) in [5, 5.41) is 4.46. The highest BCUT2D eigenvalue weighted by Gasteiger charge is 2.50. The van der Waals surface area contributed by atoms with E-state index in [4.69, 9.17) is 0 Å². The highest BCUT2D eigenvalue weighted by atomic mass is 16.2. The normalized spacial score (nSPS) is 27.9. The van der Waals surface area contributed by atoms with Gasteiger partial charge in [-0.2, -0.15) is 5.10 Å². The molecule has 6 heteroatoms. The van der Waals surface area contributed by atoms with E-state index in [0.717, 1.165) is 43.5 Å². The molecular weight excluding hydrogens is 388 g/mol. The minimum Gasteiger partial charge on any atom is -0.337 e. The molecule has 3 saturated heterocycles. The monoisotopic (exact) mass is 420 g/mol. The zero-order valence-electron chi connectivity index (χ0n) is 18.8. The van der Waals surface area contributed by atoms with Crippen molar-refractivity contribution in [1.29, 1.82) is 0 Å². The summed E-state index contributed by atoms with van der Waals surface area (Å²) in [5.74, 6) is 1.08. The summed E-state index contributed by atoms with van der Waals surface area (Å²) in [4.78, 5) is 30.9. The number of amides is 2. The first kappa shape index (κ1) is 20.3. The SMILES string of the molecule is Cc1nn(C)c(C(=O)N2C[C@H]3C[C@@H](C2)[C@H](Cc2ccccc2)N2C(=O)CCC[C@@H]32)c1C. The summed E-state index contributed by atoms with van der Waals surface area (Å²) < 4.78 is 1.73. The highest BCUT2D eigenvalue weighted by Crippen LogP contribution is 2.43. The van der Waals surface area contributed by atoms with Gasteiger partial charge in [0.1, 0.15) is 5.69 Å². The molecule has 2 bridgehead atoms. The molecule has 3 aliphatic rings. The molecule has 6 nitrogen and oxygen atoms in total. The topological polar surface area (TPSA) is 58.4 Å². The molecular formula is C25H32N4O2. The predicted octanol–water partition coefficient (Wildman–Crippen LogP) is 3.12. The smallest absolute Gasteiger partial charge is 0.272 e. The van der Waals surface area contributed by atoms with Crippen molar-refractivity contribution in [3.05, 3.63) is 52.8 Å². The van der Waals surface area contributed by atoms with E-state index in [1.54, 1.807) is 4.68 Å². The van der Waals surface area contributed by atoms with Crippen LogP contribution in [0.3, 0.4) is 0 Å². The Morgan fingerprint density at radius 2 is 1.87 bits per heavy atom. The zero-order valence-corrected chi connectivity index (χ0v) is 18.8. The van der Waals surface area contributed by atoms with Crippen LogP contribution in [-0.4, -0.2) is 56.6 Å². The standard InChI is InChI=1S/C25H32N4O2/c1-16-17(2)26-27(3)24(16)25(31)28-14-19-13-20(15-28)22(12-18-8-5-4-6-9-18)29-21(19)10-7-11-23(29)30/h4-6,8-9,19-22H,7,10-15H2,1-3H3/t19-,20+,21+,22+/m1/s1. The summed E-state index contributed by atoms with van der Waals surface area (Å²) in [6.45, 7) is 5.40. The Kier molecular flexibility index (Phi) is 5.11. The van der Waals surface area contributed by atoms with Crippen molar-refractivity contribution in [3.63, 3.8) is 0 Å². The number of carbonyl (C=O) groups is 2. The third-order valence-electron chi connectivity index (χ3n) is 7.80. The molecule has 0 N–H and O–H groups in total. The summed E-state index contributed by atoms with van der Waals surface area (Å²) in [5.41, 5.74) is 3.85. The van der Waals surface area contributed by atoms with Crippen molar-refractivity contribution >= 4 is 11.8 Å². The van der Waals surface area contributed by atoms with Crippen molar-refractivity contribution in [2.24, 2.45) is 18.9 Å². The van der Waals surface area contributed by atoms with E-state index in [2.05, 4.69) is 39.2 Å². The fraction of sp³-hybridized carbons (Fsp3) is 0.560. The average molecular weight is 421 g/mol. The summed E-state index contributed by atoms with van der Waals surface area (Å²) in [6.07, 6.45) is 4.66. The van der Waals surface area contributed by atoms with Crippen LogP contribution in [0, 0.1) is 25.7 Å². The number of aromatic nitrogens is 2. The maximum Gasteiger partial charge on any atom is 0.272 e. The Bertz CT molecular complexity index is 998. The summed E-state index contributed by atoms with van der Waals surface area (Å²) in [6, 6.07) is 10.9. The number of hydrogen-bond acceptors (Lipinski definition) is 3. The van der Waals surface area contributed by atoms with E-state index in [0.29, 0.717) is 36.4 Å². The molecule has 5 rings (SSSR count). The van der Waals surface area contributed by atoms with Gasteiger partial charge in [-0.1, -0.05) is 30.3 Å². The number of piperidine rings is 3. The van der Waals surface area contributed by atoms with Gasteiger partial charge in [0.15, 0.2) is 0 Å². The lowest BCUT2D eigenvalue weighted by molar-refractivity contribution is -0.151. The number of aryl methyl sites for hydroxylation is 2. The molecule has 1 aromatic heterocycles. The largest absolute Gasteiger partial charge is 0.337 e. The molecule has 0 radical (unpaired) electrons. The maximum absolute atomic E-state index is 13.6. The molecule has 31 heavy (non-hydrogen) atoms. The zero-order chi connectivity index (χ0) is 21.7. The molecule has 3 aliphatic heterocycles. The van der Waals surface area contributed by atoms with Crippen LogP contribution in [0.25, 0.3) is 0 Å². The number of nitrogens with zero attached hydrogens (tertiary/aromatic N) is 4. The number of fused-ring (bicyclic) bond motifs is 4. The van der Waals surface area contributed by atoms with E-state index < -0.39 is 0 Å². The quantitative estimate of drug-likeness (QED) is 0.767. The van der Waals surface area contributed by atoms with E-state index in [1.807, 2.05) is 27.0 Å². The molecule has 2 amide bonds. The van der Waals surface area contributed by atoms with Gasteiger partial charge in [-0.25, -0.2) is 0 Å². The third-order valence-corrected chi connectivity index (χ3v) is 7.80. The van der Waals surface area contributed by atoms with Crippen LogP contribution < -0.4 is 0 Å². The van der Waals surface area contributed by atoms with Crippen molar-refractivity contribution in [2.75, 3.05) is 13.1 Å². The lowest BCUT2D eigenvalue weighted by Crippen LogP contribution is -2.66. The van der Waals surface area contributed by atoms with Crippen LogP contribution in [0.5, 0.6) is 0 Å². The first-order chi connectivity index (χ1) is 14.9. The number of hydrogen-bond donors (Lipinski definition) is 0. The molecule has 1 aromatic carbocycles. The molecule has 0 spiro atoms. The minimum atomic E-state index is 0.0874. The van der Waals surface area contributed by atoms with E-state index in [9.17, 15) is 9.59 Å². The van der Waals surface area contributed by atoms with Gasteiger partial charge in [-0.15, -0.1) is 0 Å². The first-order valence-corrected chi connectivity index (χ1v) is 11.6. The van der Waals surface area contributed by atoms with Crippen LogP contribution in [0.15, 0.2) is 30.3 Å². The van der Waals surface area contributed by atoms with Crippen LogP contribution >= 0.6 is 0 Å². The Morgan fingerprint density at radius 3 is 2.58 bits per heavy atom. The number of benzene rings is 1. The van der Waals surface area contributed by atoms with E-state index in [1.165, 1.54) is 5.56 Å². The maximum atomic E-state index is 13.6. The van der Waals surface area contributed by atoms with Crippen LogP contribution in [-0.2, 0) is 18.3 Å². The second-order valence-corrected chi connectivity index (χ2v) is 9.67. The molecule has 4 atom stereocenters. The third kappa shape index (κ3) is 3.46. The molecule has 0 saturated carbocycles. The molecule has 0 aliphatic carbocycles. The van der Waals surface area contributed by atoms with Crippen LogP contribution in [0.1, 0.15) is 53.0 Å². The first-order valence-electron chi connectivity index (χ1n) is 11.6. The molecule has 164 valence electrons. The van der Waals surface area contributed by atoms with Gasteiger partial charge in [0, 0.05) is 44.2 Å². The Morgan fingerprint density at radius 1 is 1.13 bits per heavy atom. The lowest BCUT2D eigenvalue weighted by atomic mass is 9.70. The Hall–Kier alpha value is -2.63. The van der Waals surface area contributed by atoms with Crippen molar-refractivity contribution < 1.29 is 9.59 Å². The highest BCUT2D eigenvalue weighted by molar-refractivity contribution is 5.94. The van der Waals surface area contributed by atoms with Gasteiger partial charge in [0.25, 0.3) is 5.91 Å². The molecule has 4 heterocycles. The van der Waals surface area contributed by atoms with Gasteiger partial charge >= 0.3 is 0 Å². The minimum absolute atomic E-state index is 0.0874. The van der Waals surface area contributed by atoms with Gasteiger partial charge in [-0.3, -0.25) is 14.3 Å². The Labute approximate surface area is 184 Å². The second-order valence-electron chi connectivity index (χ2n) is 9.67. The van der Waals surface area contributed by atoms with Gasteiger partial charge in [-0.05, 0) is 56.9 Å². The fourth-order valence-corrected chi connectivity index (χ4v) is 6.27. The number of likely N-dealkylation sites (tertiary alicyclic amines) is 1. The molecule has 2 aromatic rings. The number of carbonyl (C=O) groups excluding carboxylic acids is 2. The molecule has 3 fully saturated rings. The summed E-state index contributed by atoms with van der Waals surface area (Å²) >= 11 is 0. The van der Waals surface area contributed by atoms with Crippen molar-refractivity contribution in [3.8, 4) is 0 Å².